The third-order valence-corrected chi connectivity index (χ3v) is 3.46. The summed E-state index contributed by atoms with van der Waals surface area (Å²) in [6.45, 7) is 1.52. The molecule has 0 aromatic carbocycles. The van der Waals surface area contributed by atoms with Gasteiger partial charge in [-0.15, -0.1) is 0 Å². The number of rotatable bonds is 8. The van der Waals surface area contributed by atoms with Crippen LogP contribution < -0.4 is 4.72 Å². The normalized spacial score (nSPS) is 11.8. The van der Waals surface area contributed by atoms with Crippen LogP contribution in [0.5, 0.6) is 0 Å². The van der Waals surface area contributed by atoms with E-state index in [2.05, 4.69) is 30.8 Å². The van der Waals surface area contributed by atoms with Crippen LogP contribution >= 0.6 is 15.9 Å². The largest absolute Gasteiger partial charge is 0.381 e. The van der Waals surface area contributed by atoms with E-state index in [1.807, 2.05) is 0 Å². The standard InChI is InChI=1S/C8H14BrN3O3S/c9-3-7-15-6-1-4-11-16(13,14)8-2-5-10-12-8/h2,5,11H,1,3-4,6-7H2,(H,10,12). The number of sulfonamides is 1. The summed E-state index contributed by atoms with van der Waals surface area (Å²) in [7, 11) is -3.44. The van der Waals surface area contributed by atoms with Gasteiger partial charge in [0.25, 0.3) is 10.0 Å². The first-order valence-corrected chi connectivity index (χ1v) is 7.40. The molecule has 2 N–H and O–H groups in total. The van der Waals surface area contributed by atoms with E-state index in [0.717, 1.165) is 5.33 Å². The average Bonchev–Trinajstić information content (AvgIpc) is 2.77. The van der Waals surface area contributed by atoms with Crippen LogP contribution in [-0.2, 0) is 14.8 Å². The SMILES string of the molecule is O=S(=O)(NCCCOCCBr)c1ccn[nH]1. The van der Waals surface area contributed by atoms with Crippen molar-refractivity contribution in [3.8, 4) is 0 Å². The lowest BCUT2D eigenvalue weighted by Crippen LogP contribution is -2.26. The monoisotopic (exact) mass is 311 g/mol. The van der Waals surface area contributed by atoms with Crippen LogP contribution in [0.4, 0.5) is 0 Å². The van der Waals surface area contributed by atoms with Gasteiger partial charge in [-0.05, 0) is 12.5 Å². The molecule has 1 aromatic rings. The fourth-order valence-electron chi connectivity index (χ4n) is 1.01. The number of aromatic amines is 1. The van der Waals surface area contributed by atoms with Gasteiger partial charge in [0, 0.05) is 18.5 Å². The molecule has 0 aliphatic heterocycles. The van der Waals surface area contributed by atoms with Crippen LogP contribution in [0.2, 0.25) is 0 Å². The lowest BCUT2D eigenvalue weighted by atomic mass is 10.5. The number of ether oxygens (including phenoxy) is 1. The molecule has 1 rings (SSSR count). The smallest absolute Gasteiger partial charge is 0.257 e. The summed E-state index contributed by atoms with van der Waals surface area (Å²) in [4.78, 5) is 0. The summed E-state index contributed by atoms with van der Waals surface area (Å²) in [5.41, 5.74) is 0. The van der Waals surface area contributed by atoms with Gasteiger partial charge in [-0.2, -0.15) is 5.10 Å². The number of alkyl halides is 1. The molecule has 0 aliphatic rings. The Kier molecular flexibility index (Phi) is 5.96. The summed E-state index contributed by atoms with van der Waals surface area (Å²) in [5.74, 6) is 0. The number of hydrogen-bond acceptors (Lipinski definition) is 4. The molecule has 0 radical (unpaired) electrons. The van der Waals surface area contributed by atoms with Gasteiger partial charge < -0.3 is 4.74 Å². The molecule has 0 fully saturated rings. The zero-order valence-corrected chi connectivity index (χ0v) is 11.1. The van der Waals surface area contributed by atoms with Crippen molar-refractivity contribution in [3.05, 3.63) is 12.3 Å². The van der Waals surface area contributed by atoms with Crippen molar-refractivity contribution in [1.29, 1.82) is 0 Å². The van der Waals surface area contributed by atoms with E-state index in [-0.39, 0.29) is 5.03 Å². The maximum Gasteiger partial charge on any atom is 0.257 e. The van der Waals surface area contributed by atoms with Gasteiger partial charge in [0.15, 0.2) is 5.03 Å². The minimum Gasteiger partial charge on any atom is -0.381 e. The first-order chi connectivity index (χ1) is 7.67. The van der Waals surface area contributed by atoms with Crippen molar-refractivity contribution in [1.82, 2.24) is 14.9 Å². The lowest BCUT2D eigenvalue weighted by molar-refractivity contribution is 0.149. The molecule has 0 saturated carbocycles. The van der Waals surface area contributed by atoms with Crippen LogP contribution in [0.25, 0.3) is 0 Å². The highest BCUT2D eigenvalue weighted by atomic mass is 79.9. The van der Waals surface area contributed by atoms with Gasteiger partial charge in [0.05, 0.1) is 12.8 Å². The molecule has 0 unspecified atom stereocenters. The Balaban J connectivity index is 2.22. The van der Waals surface area contributed by atoms with E-state index in [4.69, 9.17) is 4.74 Å². The van der Waals surface area contributed by atoms with Crippen LogP contribution in [0.3, 0.4) is 0 Å². The fourth-order valence-corrected chi connectivity index (χ4v) is 2.22. The second-order valence-electron chi connectivity index (χ2n) is 2.97. The van der Waals surface area contributed by atoms with Gasteiger partial charge in [-0.3, -0.25) is 5.10 Å². The van der Waals surface area contributed by atoms with E-state index >= 15 is 0 Å². The topological polar surface area (TPSA) is 84.1 Å². The molecule has 0 atom stereocenters. The second kappa shape index (κ2) is 7.00. The summed E-state index contributed by atoms with van der Waals surface area (Å²) >= 11 is 3.23. The Bertz CT molecular complexity index is 379. The number of nitrogens with one attached hydrogen (secondary N) is 2. The van der Waals surface area contributed by atoms with Crippen LogP contribution in [0, 0.1) is 0 Å². The quantitative estimate of drug-likeness (QED) is 0.540. The molecule has 92 valence electrons. The summed E-state index contributed by atoms with van der Waals surface area (Å²) in [6, 6.07) is 1.41. The van der Waals surface area contributed by atoms with Crippen LogP contribution in [-0.4, -0.2) is 43.7 Å². The number of aromatic nitrogens is 2. The number of H-pyrrole nitrogens is 1. The van der Waals surface area contributed by atoms with Gasteiger partial charge in [0.2, 0.25) is 0 Å². The predicted molar refractivity (Wildman–Crippen MR) is 63.0 cm³/mol. The molecule has 0 saturated heterocycles. The van der Waals surface area contributed by atoms with Gasteiger partial charge in [-0.25, -0.2) is 13.1 Å². The molecule has 0 spiro atoms. The lowest BCUT2D eigenvalue weighted by Gasteiger charge is -2.04. The maximum atomic E-state index is 11.6. The van der Waals surface area contributed by atoms with Crippen molar-refractivity contribution in [2.24, 2.45) is 0 Å². The molecule has 16 heavy (non-hydrogen) atoms. The zero-order chi connectivity index (χ0) is 11.9. The Hall–Kier alpha value is -0.440. The summed E-state index contributed by atoms with van der Waals surface area (Å²) < 4.78 is 30.7. The number of halogens is 1. The molecule has 8 heteroatoms. The highest BCUT2D eigenvalue weighted by molar-refractivity contribution is 9.09. The molecule has 0 bridgehead atoms. The molecule has 1 aromatic heterocycles. The van der Waals surface area contributed by atoms with Gasteiger partial charge in [-0.1, -0.05) is 15.9 Å². The van der Waals surface area contributed by atoms with E-state index in [1.165, 1.54) is 12.3 Å². The average molecular weight is 312 g/mol. The van der Waals surface area contributed by atoms with Crippen molar-refractivity contribution in [3.63, 3.8) is 0 Å². The second-order valence-corrected chi connectivity index (χ2v) is 5.50. The number of hydrogen-bond donors (Lipinski definition) is 2. The first-order valence-electron chi connectivity index (χ1n) is 4.79. The van der Waals surface area contributed by atoms with Crippen molar-refractivity contribution in [2.75, 3.05) is 25.1 Å². The Morgan fingerprint density at radius 3 is 2.94 bits per heavy atom. The van der Waals surface area contributed by atoms with E-state index < -0.39 is 10.0 Å². The molecule has 1 heterocycles. The molecule has 0 amide bonds. The van der Waals surface area contributed by atoms with Crippen LogP contribution in [0.1, 0.15) is 6.42 Å². The fraction of sp³-hybridized carbons (Fsp3) is 0.625. The number of nitrogens with zero attached hydrogens (tertiary/aromatic N) is 1. The molecule has 0 aliphatic carbocycles. The minimum absolute atomic E-state index is 0.0777. The van der Waals surface area contributed by atoms with E-state index in [9.17, 15) is 8.42 Å². The first kappa shape index (κ1) is 13.6. The Labute approximate surface area is 103 Å². The van der Waals surface area contributed by atoms with Crippen molar-refractivity contribution < 1.29 is 13.2 Å². The van der Waals surface area contributed by atoms with Crippen molar-refractivity contribution >= 4 is 26.0 Å². The van der Waals surface area contributed by atoms with Crippen molar-refractivity contribution in [2.45, 2.75) is 11.4 Å². The Morgan fingerprint density at radius 1 is 1.50 bits per heavy atom. The highest BCUT2D eigenvalue weighted by Gasteiger charge is 2.13. The zero-order valence-electron chi connectivity index (χ0n) is 8.65. The van der Waals surface area contributed by atoms with Gasteiger partial charge >= 0.3 is 0 Å². The Morgan fingerprint density at radius 2 is 2.31 bits per heavy atom. The van der Waals surface area contributed by atoms with Crippen LogP contribution in [0.15, 0.2) is 17.3 Å². The van der Waals surface area contributed by atoms with E-state index in [1.54, 1.807) is 0 Å². The maximum absolute atomic E-state index is 11.6. The third-order valence-electron chi connectivity index (χ3n) is 1.74. The third kappa shape index (κ3) is 4.60. The van der Waals surface area contributed by atoms with E-state index in [0.29, 0.717) is 26.2 Å². The predicted octanol–water partition coefficient (Wildman–Crippen LogP) is 0.490. The van der Waals surface area contributed by atoms with Gasteiger partial charge in [0.1, 0.15) is 0 Å². The molecular weight excluding hydrogens is 298 g/mol. The summed E-state index contributed by atoms with van der Waals surface area (Å²) in [5, 5.41) is 6.85. The minimum atomic E-state index is -3.44. The molecule has 6 nitrogen and oxygen atoms in total. The highest BCUT2D eigenvalue weighted by Crippen LogP contribution is 2.01. The summed E-state index contributed by atoms with van der Waals surface area (Å²) in [6.07, 6.45) is 2.04. The molecular formula is C8H14BrN3O3S.